The lowest BCUT2D eigenvalue weighted by Crippen LogP contribution is -2.35. The molecular formula is C14H19Cl2N. The fourth-order valence-electron chi connectivity index (χ4n) is 2.84. The van der Waals surface area contributed by atoms with Crippen LogP contribution in [0.1, 0.15) is 37.7 Å². The van der Waals surface area contributed by atoms with Crippen molar-refractivity contribution in [1.82, 2.24) is 0 Å². The van der Waals surface area contributed by atoms with Gasteiger partial charge in [0.2, 0.25) is 0 Å². The summed E-state index contributed by atoms with van der Waals surface area (Å²) in [4.78, 5) is 0. The summed E-state index contributed by atoms with van der Waals surface area (Å²) < 4.78 is 0. The molecule has 0 bridgehead atoms. The summed E-state index contributed by atoms with van der Waals surface area (Å²) in [5, 5.41) is 1.35. The summed E-state index contributed by atoms with van der Waals surface area (Å²) in [6.07, 6.45) is 7.30. The topological polar surface area (TPSA) is 26.0 Å². The summed E-state index contributed by atoms with van der Waals surface area (Å²) in [6.45, 7) is 0.746. The SMILES string of the molecule is NCC1(Cc2cccc(Cl)c2Cl)CCCCC1. The van der Waals surface area contributed by atoms with Gasteiger partial charge in [0.05, 0.1) is 10.0 Å². The van der Waals surface area contributed by atoms with Crippen molar-refractivity contribution in [3.05, 3.63) is 33.8 Å². The third-order valence-corrected chi connectivity index (χ3v) is 4.80. The second-order valence-electron chi connectivity index (χ2n) is 5.15. The molecule has 3 heteroatoms. The number of rotatable bonds is 3. The van der Waals surface area contributed by atoms with E-state index >= 15 is 0 Å². The molecule has 0 spiro atoms. The maximum atomic E-state index is 6.26. The van der Waals surface area contributed by atoms with Crippen LogP contribution < -0.4 is 5.73 Å². The quantitative estimate of drug-likeness (QED) is 0.864. The number of hydrogen-bond acceptors (Lipinski definition) is 1. The maximum absolute atomic E-state index is 6.26. The highest BCUT2D eigenvalue weighted by atomic mass is 35.5. The standard InChI is InChI=1S/C14H19Cl2N/c15-12-6-4-5-11(13(12)16)9-14(10-17)7-2-1-3-8-14/h4-6H,1-3,7-10,17H2. The van der Waals surface area contributed by atoms with Gasteiger partial charge in [-0.2, -0.15) is 0 Å². The van der Waals surface area contributed by atoms with E-state index in [1.807, 2.05) is 12.1 Å². The molecule has 2 N–H and O–H groups in total. The zero-order valence-electron chi connectivity index (χ0n) is 10.0. The molecule has 2 rings (SSSR count). The fourth-order valence-corrected chi connectivity index (χ4v) is 3.23. The summed E-state index contributed by atoms with van der Waals surface area (Å²) in [7, 11) is 0. The average molecular weight is 272 g/mol. The van der Waals surface area contributed by atoms with Crippen molar-refractivity contribution in [2.24, 2.45) is 11.1 Å². The van der Waals surface area contributed by atoms with Crippen LogP contribution in [-0.2, 0) is 6.42 Å². The molecule has 1 aliphatic carbocycles. The minimum absolute atomic E-state index is 0.243. The van der Waals surface area contributed by atoms with Gasteiger partial charge >= 0.3 is 0 Å². The van der Waals surface area contributed by atoms with Crippen LogP contribution in [0, 0.1) is 5.41 Å². The van der Waals surface area contributed by atoms with Gasteiger partial charge in [0.15, 0.2) is 0 Å². The average Bonchev–Trinajstić information content (AvgIpc) is 2.36. The van der Waals surface area contributed by atoms with Gasteiger partial charge in [-0.3, -0.25) is 0 Å². The molecule has 1 saturated carbocycles. The monoisotopic (exact) mass is 271 g/mol. The van der Waals surface area contributed by atoms with E-state index < -0.39 is 0 Å². The molecule has 1 fully saturated rings. The van der Waals surface area contributed by atoms with Crippen molar-refractivity contribution in [3.8, 4) is 0 Å². The molecule has 0 saturated heterocycles. The van der Waals surface area contributed by atoms with E-state index in [1.165, 1.54) is 32.1 Å². The Bertz CT molecular complexity index is 384. The molecule has 0 amide bonds. The number of nitrogens with two attached hydrogens (primary N) is 1. The Morgan fingerprint density at radius 3 is 2.47 bits per heavy atom. The molecule has 0 atom stereocenters. The Morgan fingerprint density at radius 2 is 1.82 bits per heavy atom. The van der Waals surface area contributed by atoms with Crippen LogP contribution in [0.25, 0.3) is 0 Å². The lowest BCUT2D eigenvalue weighted by atomic mass is 9.70. The Hall–Kier alpha value is -0.240. The fraction of sp³-hybridized carbons (Fsp3) is 0.571. The molecule has 17 heavy (non-hydrogen) atoms. The summed E-state index contributed by atoms with van der Waals surface area (Å²) in [6, 6.07) is 5.88. The van der Waals surface area contributed by atoms with Crippen molar-refractivity contribution >= 4 is 23.2 Å². The molecule has 94 valence electrons. The molecule has 0 unspecified atom stereocenters. The normalized spacial score (nSPS) is 19.2. The first-order chi connectivity index (χ1) is 8.17. The van der Waals surface area contributed by atoms with Crippen LogP contribution in [0.15, 0.2) is 18.2 Å². The van der Waals surface area contributed by atoms with Crippen molar-refractivity contribution in [3.63, 3.8) is 0 Å². The smallest absolute Gasteiger partial charge is 0.0624 e. The van der Waals surface area contributed by atoms with E-state index in [9.17, 15) is 0 Å². The van der Waals surface area contributed by atoms with Gasteiger partial charge in [0.1, 0.15) is 0 Å². The van der Waals surface area contributed by atoms with Gasteiger partial charge in [0, 0.05) is 0 Å². The molecule has 0 aromatic heterocycles. The number of hydrogen-bond donors (Lipinski definition) is 1. The lowest BCUT2D eigenvalue weighted by molar-refractivity contribution is 0.197. The van der Waals surface area contributed by atoms with Crippen molar-refractivity contribution in [1.29, 1.82) is 0 Å². The van der Waals surface area contributed by atoms with E-state index in [2.05, 4.69) is 6.07 Å². The Morgan fingerprint density at radius 1 is 1.12 bits per heavy atom. The zero-order valence-corrected chi connectivity index (χ0v) is 11.5. The van der Waals surface area contributed by atoms with Gasteiger partial charge < -0.3 is 5.73 Å². The number of benzene rings is 1. The third kappa shape index (κ3) is 2.96. The van der Waals surface area contributed by atoms with E-state index in [0.717, 1.165) is 18.5 Å². The number of halogens is 2. The van der Waals surface area contributed by atoms with Crippen LogP contribution in [0.5, 0.6) is 0 Å². The highest BCUT2D eigenvalue weighted by molar-refractivity contribution is 6.42. The van der Waals surface area contributed by atoms with Crippen molar-refractivity contribution in [2.75, 3.05) is 6.54 Å². The molecule has 0 radical (unpaired) electrons. The Balaban J connectivity index is 2.20. The van der Waals surface area contributed by atoms with Crippen LogP contribution in [0.3, 0.4) is 0 Å². The highest BCUT2D eigenvalue weighted by Gasteiger charge is 2.31. The Labute approximate surface area is 113 Å². The molecule has 1 aromatic carbocycles. The van der Waals surface area contributed by atoms with E-state index in [1.54, 1.807) is 0 Å². The minimum Gasteiger partial charge on any atom is -0.330 e. The van der Waals surface area contributed by atoms with E-state index in [4.69, 9.17) is 28.9 Å². The summed E-state index contributed by atoms with van der Waals surface area (Å²) in [5.74, 6) is 0. The lowest BCUT2D eigenvalue weighted by Gasteiger charge is -2.36. The van der Waals surface area contributed by atoms with Crippen molar-refractivity contribution < 1.29 is 0 Å². The summed E-state index contributed by atoms with van der Waals surface area (Å²) >= 11 is 12.3. The van der Waals surface area contributed by atoms with Gasteiger partial charge in [-0.05, 0) is 42.9 Å². The predicted octanol–water partition coefficient (Wildman–Crippen LogP) is 4.45. The first kappa shape index (κ1) is 13.2. The molecule has 1 aromatic rings. The van der Waals surface area contributed by atoms with Crippen LogP contribution in [-0.4, -0.2) is 6.54 Å². The van der Waals surface area contributed by atoms with Crippen LogP contribution >= 0.6 is 23.2 Å². The van der Waals surface area contributed by atoms with Crippen LogP contribution in [0.4, 0.5) is 0 Å². The van der Waals surface area contributed by atoms with E-state index in [0.29, 0.717) is 10.0 Å². The van der Waals surface area contributed by atoms with Gasteiger partial charge in [-0.25, -0.2) is 0 Å². The van der Waals surface area contributed by atoms with Gasteiger partial charge in [0.25, 0.3) is 0 Å². The van der Waals surface area contributed by atoms with Crippen molar-refractivity contribution in [2.45, 2.75) is 38.5 Å². The molecule has 1 nitrogen and oxygen atoms in total. The minimum atomic E-state index is 0.243. The second kappa shape index (κ2) is 5.60. The zero-order chi connectivity index (χ0) is 12.3. The summed E-state index contributed by atoms with van der Waals surface area (Å²) in [5.41, 5.74) is 7.39. The van der Waals surface area contributed by atoms with E-state index in [-0.39, 0.29) is 5.41 Å². The highest BCUT2D eigenvalue weighted by Crippen LogP contribution is 2.40. The second-order valence-corrected chi connectivity index (χ2v) is 5.94. The predicted molar refractivity (Wildman–Crippen MR) is 74.7 cm³/mol. The largest absolute Gasteiger partial charge is 0.330 e. The Kier molecular flexibility index (Phi) is 4.35. The first-order valence-electron chi connectivity index (χ1n) is 6.30. The van der Waals surface area contributed by atoms with Gasteiger partial charge in [-0.1, -0.05) is 54.6 Å². The maximum Gasteiger partial charge on any atom is 0.0624 e. The first-order valence-corrected chi connectivity index (χ1v) is 7.05. The molecule has 0 aliphatic heterocycles. The molecule has 1 aliphatic rings. The molecule has 0 heterocycles. The van der Waals surface area contributed by atoms with Gasteiger partial charge in [-0.15, -0.1) is 0 Å². The van der Waals surface area contributed by atoms with Crippen LogP contribution in [0.2, 0.25) is 10.0 Å². The third-order valence-electron chi connectivity index (χ3n) is 3.94. The molecular weight excluding hydrogens is 253 g/mol.